The average Bonchev–Trinajstić information content (AvgIpc) is 2.44. The Morgan fingerprint density at radius 3 is 2.45 bits per heavy atom. The fraction of sp³-hybridized carbons (Fsp3) is 0.588. The summed E-state index contributed by atoms with van der Waals surface area (Å²) in [6.45, 7) is 6.54. The van der Waals surface area contributed by atoms with E-state index in [1.165, 1.54) is 0 Å². The SMILES string of the molecule is CCCC(C)C(CC)NC(=O)CCc1ccc(Cl)cc1. The molecule has 0 aliphatic heterocycles. The Balaban J connectivity index is 2.40. The van der Waals surface area contributed by atoms with Gasteiger partial charge in [0.25, 0.3) is 0 Å². The van der Waals surface area contributed by atoms with Gasteiger partial charge in [0.05, 0.1) is 0 Å². The zero-order valence-corrected chi connectivity index (χ0v) is 13.5. The minimum absolute atomic E-state index is 0.148. The van der Waals surface area contributed by atoms with Crippen molar-refractivity contribution < 1.29 is 4.79 Å². The number of rotatable bonds is 8. The lowest BCUT2D eigenvalue weighted by molar-refractivity contribution is -0.122. The Labute approximate surface area is 127 Å². The van der Waals surface area contributed by atoms with Crippen molar-refractivity contribution >= 4 is 17.5 Å². The fourth-order valence-corrected chi connectivity index (χ4v) is 2.62. The lowest BCUT2D eigenvalue weighted by atomic mass is 9.94. The predicted molar refractivity (Wildman–Crippen MR) is 86.1 cm³/mol. The molecule has 0 aliphatic rings. The third kappa shape index (κ3) is 5.96. The smallest absolute Gasteiger partial charge is 0.220 e. The molecule has 1 rings (SSSR count). The predicted octanol–water partition coefficient (Wildman–Crippen LogP) is 4.60. The zero-order chi connectivity index (χ0) is 15.0. The molecule has 0 fully saturated rings. The monoisotopic (exact) mass is 295 g/mol. The summed E-state index contributed by atoms with van der Waals surface area (Å²) in [4.78, 5) is 12.0. The van der Waals surface area contributed by atoms with Crippen molar-refractivity contribution in [1.82, 2.24) is 5.32 Å². The molecule has 0 heterocycles. The van der Waals surface area contributed by atoms with E-state index in [9.17, 15) is 4.79 Å². The van der Waals surface area contributed by atoms with Gasteiger partial charge in [0, 0.05) is 17.5 Å². The van der Waals surface area contributed by atoms with E-state index in [1.54, 1.807) is 0 Å². The first-order chi connectivity index (χ1) is 9.56. The summed E-state index contributed by atoms with van der Waals surface area (Å²) in [6.07, 6.45) is 4.63. The molecule has 0 spiro atoms. The summed E-state index contributed by atoms with van der Waals surface area (Å²) in [5.74, 6) is 0.694. The van der Waals surface area contributed by atoms with Crippen LogP contribution in [-0.2, 0) is 11.2 Å². The molecule has 1 aromatic carbocycles. The molecule has 0 saturated carbocycles. The molecule has 1 N–H and O–H groups in total. The second-order valence-corrected chi connectivity index (χ2v) is 5.91. The second kappa shape index (κ2) is 9.02. The van der Waals surface area contributed by atoms with Crippen LogP contribution in [0.5, 0.6) is 0 Å². The molecule has 1 amide bonds. The van der Waals surface area contributed by atoms with Gasteiger partial charge in [0.2, 0.25) is 5.91 Å². The molecule has 0 bridgehead atoms. The summed E-state index contributed by atoms with van der Waals surface area (Å²) < 4.78 is 0. The topological polar surface area (TPSA) is 29.1 Å². The van der Waals surface area contributed by atoms with Gasteiger partial charge in [-0.25, -0.2) is 0 Å². The lowest BCUT2D eigenvalue weighted by Crippen LogP contribution is -2.39. The molecule has 2 atom stereocenters. The van der Waals surface area contributed by atoms with Crippen LogP contribution in [-0.4, -0.2) is 11.9 Å². The van der Waals surface area contributed by atoms with Crippen molar-refractivity contribution in [3.63, 3.8) is 0 Å². The first-order valence-electron chi connectivity index (χ1n) is 7.60. The van der Waals surface area contributed by atoms with Crippen LogP contribution < -0.4 is 5.32 Å². The largest absolute Gasteiger partial charge is 0.353 e. The third-order valence-corrected chi connectivity index (χ3v) is 4.02. The Kier molecular flexibility index (Phi) is 7.68. The first kappa shape index (κ1) is 17.0. The molecular formula is C17H26ClNO. The first-order valence-corrected chi connectivity index (χ1v) is 7.98. The Bertz CT molecular complexity index is 402. The van der Waals surface area contributed by atoms with Gasteiger partial charge in [-0.3, -0.25) is 4.79 Å². The van der Waals surface area contributed by atoms with E-state index in [0.29, 0.717) is 18.4 Å². The number of benzene rings is 1. The normalized spacial score (nSPS) is 13.8. The van der Waals surface area contributed by atoms with Gasteiger partial charge in [-0.15, -0.1) is 0 Å². The van der Waals surface area contributed by atoms with Gasteiger partial charge < -0.3 is 5.32 Å². The summed E-state index contributed by atoms with van der Waals surface area (Å²) in [5.41, 5.74) is 1.15. The third-order valence-electron chi connectivity index (χ3n) is 3.77. The Morgan fingerprint density at radius 1 is 1.25 bits per heavy atom. The van der Waals surface area contributed by atoms with Crippen LogP contribution in [0.3, 0.4) is 0 Å². The molecule has 1 aromatic rings. The molecule has 2 unspecified atom stereocenters. The maximum atomic E-state index is 12.0. The van der Waals surface area contributed by atoms with E-state index in [2.05, 4.69) is 26.1 Å². The van der Waals surface area contributed by atoms with Gasteiger partial charge in [-0.2, -0.15) is 0 Å². The van der Waals surface area contributed by atoms with Crippen molar-refractivity contribution in [3.05, 3.63) is 34.9 Å². The van der Waals surface area contributed by atoms with Crippen molar-refractivity contribution in [3.8, 4) is 0 Å². The van der Waals surface area contributed by atoms with Crippen LogP contribution in [0.2, 0.25) is 5.02 Å². The fourth-order valence-electron chi connectivity index (χ4n) is 2.49. The number of hydrogen-bond donors (Lipinski definition) is 1. The second-order valence-electron chi connectivity index (χ2n) is 5.47. The van der Waals surface area contributed by atoms with Crippen LogP contribution in [0.1, 0.15) is 52.0 Å². The van der Waals surface area contributed by atoms with Gasteiger partial charge in [0.15, 0.2) is 0 Å². The zero-order valence-electron chi connectivity index (χ0n) is 12.8. The van der Waals surface area contributed by atoms with Gasteiger partial charge in [0.1, 0.15) is 0 Å². The van der Waals surface area contributed by atoms with E-state index in [0.717, 1.165) is 36.3 Å². The summed E-state index contributed by atoms with van der Waals surface area (Å²) in [7, 11) is 0. The standard InChI is InChI=1S/C17H26ClNO/c1-4-6-13(3)16(5-2)19-17(20)12-9-14-7-10-15(18)11-8-14/h7-8,10-11,13,16H,4-6,9,12H2,1-3H3,(H,19,20). The van der Waals surface area contributed by atoms with E-state index >= 15 is 0 Å². The van der Waals surface area contributed by atoms with Crippen LogP contribution >= 0.6 is 11.6 Å². The molecule has 20 heavy (non-hydrogen) atoms. The van der Waals surface area contributed by atoms with Crippen LogP contribution in [0, 0.1) is 5.92 Å². The van der Waals surface area contributed by atoms with Crippen molar-refractivity contribution in [2.45, 2.75) is 58.9 Å². The van der Waals surface area contributed by atoms with Crippen molar-refractivity contribution in [2.24, 2.45) is 5.92 Å². The number of carbonyl (C=O) groups is 1. The van der Waals surface area contributed by atoms with Gasteiger partial charge >= 0.3 is 0 Å². The number of hydrogen-bond acceptors (Lipinski definition) is 1. The number of amides is 1. The number of halogens is 1. The summed E-state index contributed by atoms with van der Waals surface area (Å²) >= 11 is 5.85. The molecule has 112 valence electrons. The highest BCUT2D eigenvalue weighted by Crippen LogP contribution is 2.14. The molecule has 2 nitrogen and oxygen atoms in total. The minimum Gasteiger partial charge on any atom is -0.353 e. The molecule has 0 saturated heterocycles. The quantitative estimate of drug-likeness (QED) is 0.746. The van der Waals surface area contributed by atoms with Crippen LogP contribution in [0.25, 0.3) is 0 Å². The maximum absolute atomic E-state index is 12.0. The summed E-state index contributed by atoms with van der Waals surface area (Å²) in [5, 5.41) is 3.90. The Hall–Kier alpha value is -1.02. The highest BCUT2D eigenvalue weighted by Gasteiger charge is 2.16. The minimum atomic E-state index is 0.148. The van der Waals surface area contributed by atoms with Crippen LogP contribution in [0.4, 0.5) is 0 Å². The highest BCUT2D eigenvalue weighted by atomic mass is 35.5. The van der Waals surface area contributed by atoms with Gasteiger partial charge in [-0.1, -0.05) is 50.9 Å². The van der Waals surface area contributed by atoms with E-state index < -0.39 is 0 Å². The Morgan fingerprint density at radius 2 is 1.90 bits per heavy atom. The van der Waals surface area contributed by atoms with Crippen LogP contribution in [0.15, 0.2) is 24.3 Å². The lowest BCUT2D eigenvalue weighted by Gasteiger charge is -2.23. The molecule has 0 aromatic heterocycles. The van der Waals surface area contributed by atoms with E-state index in [4.69, 9.17) is 11.6 Å². The van der Waals surface area contributed by atoms with Crippen molar-refractivity contribution in [2.75, 3.05) is 0 Å². The molecular weight excluding hydrogens is 270 g/mol. The summed E-state index contributed by atoms with van der Waals surface area (Å²) in [6, 6.07) is 7.99. The van der Waals surface area contributed by atoms with E-state index in [1.807, 2.05) is 24.3 Å². The molecule has 0 aliphatic carbocycles. The molecule has 3 heteroatoms. The number of carbonyl (C=O) groups excluding carboxylic acids is 1. The number of aryl methyl sites for hydroxylation is 1. The highest BCUT2D eigenvalue weighted by molar-refractivity contribution is 6.30. The van der Waals surface area contributed by atoms with Gasteiger partial charge in [-0.05, 0) is 42.9 Å². The van der Waals surface area contributed by atoms with Crippen molar-refractivity contribution in [1.29, 1.82) is 0 Å². The maximum Gasteiger partial charge on any atom is 0.220 e. The molecule has 0 radical (unpaired) electrons. The number of nitrogens with one attached hydrogen (secondary N) is 1. The van der Waals surface area contributed by atoms with E-state index in [-0.39, 0.29) is 5.91 Å². The average molecular weight is 296 g/mol.